The van der Waals surface area contributed by atoms with Gasteiger partial charge in [0.1, 0.15) is 0 Å². The zero-order valence-electron chi connectivity index (χ0n) is 11.6. The van der Waals surface area contributed by atoms with Gasteiger partial charge in [-0.05, 0) is 38.6 Å². The summed E-state index contributed by atoms with van der Waals surface area (Å²) in [6.07, 6.45) is 0.183. The van der Waals surface area contributed by atoms with Crippen LogP contribution in [0.4, 0.5) is 5.69 Å². The monoisotopic (exact) mass is 321 g/mol. The molecule has 1 aromatic rings. The molecule has 0 aliphatic heterocycles. The quantitative estimate of drug-likeness (QED) is 0.753. The summed E-state index contributed by atoms with van der Waals surface area (Å²) in [7, 11) is -2.19. The Hall–Kier alpha value is -1.15. The molecule has 1 amide bonds. The number of rotatable bonds is 5. The fraction of sp³-hybridized carbons (Fsp3) is 0.417. The second kappa shape index (κ2) is 7.58. The molecule has 0 heterocycles. The minimum Gasteiger partial charge on any atom is -0.327 e. The van der Waals surface area contributed by atoms with Crippen LogP contribution in [0.25, 0.3) is 0 Å². The number of aryl methyl sites for hydroxylation is 1. The van der Waals surface area contributed by atoms with Gasteiger partial charge in [-0.25, -0.2) is 13.1 Å². The number of sulfonamides is 1. The lowest BCUT2D eigenvalue weighted by Crippen LogP contribution is -2.24. The summed E-state index contributed by atoms with van der Waals surface area (Å²) >= 11 is 0. The summed E-state index contributed by atoms with van der Waals surface area (Å²) in [4.78, 5) is 11.7. The molecular formula is C12H20ClN3O3S. The van der Waals surface area contributed by atoms with E-state index in [4.69, 9.17) is 5.73 Å². The van der Waals surface area contributed by atoms with Crippen molar-refractivity contribution in [2.45, 2.75) is 31.2 Å². The molecule has 0 radical (unpaired) electrons. The van der Waals surface area contributed by atoms with Crippen molar-refractivity contribution in [3.05, 3.63) is 23.8 Å². The van der Waals surface area contributed by atoms with Gasteiger partial charge < -0.3 is 11.1 Å². The molecule has 6 nitrogen and oxygen atoms in total. The second-order valence-corrected chi connectivity index (χ2v) is 6.27. The topological polar surface area (TPSA) is 101 Å². The molecule has 0 saturated heterocycles. The van der Waals surface area contributed by atoms with E-state index in [1.165, 1.54) is 13.1 Å². The first kappa shape index (κ1) is 18.9. The molecule has 114 valence electrons. The molecule has 0 saturated carbocycles. The molecule has 1 rings (SSSR count). The maximum Gasteiger partial charge on any atom is 0.240 e. The fourth-order valence-corrected chi connectivity index (χ4v) is 2.58. The van der Waals surface area contributed by atoms with Gasteiger partial charge in [-0.1, -0.05) is 6.07 Å². The van der Waals surface area contributed by atoms with E-state index in [1.807, 2.05) is 0 Å². The highest BCUT2D eigenvalue weighted by atomic mass is 35.5. The summed E-state index contributed by atoms with van der Waals surface area (Å²) in [6.45, 7) is 3.42. The number of hydrogen-bond donors (Lipinski definition) is 3. The van der Waals surface area contributed by atoms with Crippen LogP contribution in [0.2, 0.25) is 0 Å². The molecule has 0 aromatic heterocycles. The van der Waals surface area contributed by atoms with Gasteiger partial charge in [0, 0.05) is 18.2 Å². The van der Waals surface area contributed by atoms with Crippen molar-refractivity contribution in [1.29, 1.82) is 0 Å². The first-order chi connectivity index (χ1) is 8.76. The fourth-order valence-electron chi connectivity index (χ4n) is 1.58. The van der Waals surface area contributed by atoms with E-state index in [2.05, 4.69) is 10.0 Å². The second-order valence-electron chi connectivity index (χ2n) is 4.42. The lowest BCUT2D eigenvalue weighted by Gasteiger charge is -2.11. The maximum absolute atomic E-state index is 11.8. The first-order valence-electron chi connectivity index (χ1n) is 5.86. The minimum atomic E-state index is -3.54. The molecular weight excluding hydrogens is 302 g/mol. The Kier molecular flexibility index (Phi) is 7.15. The van der Waals surface area contributed by atoms with Crippen LogP contribution >= 0.6 is 12.4 Å². The zero-order valence-corrected chi connectivity index (χ0v) is 13.3. The number of carbonyl (C=O) groups is 1. The molecule has 0 aliphatic rings. The molecule has 0 aliphatic carbocycles. The van der Waals surface area contributed by atoms with Crippen LogP contribution in [0.1, 0.15) is 18.9 Å². The molecule has 20 heavy (non-hydrogen) atoms. The lowest BCUT2D eigenvalue weighted by atomic mass is 10.2. The normalized spacial score (nSPS) is 12.4. The summed E-state index contributed by atoms with van der Waals surface area (Å²) in [5.41, 5.74) is 6.57. The Morgan fingerprint density at radius 2 is 2.00 bits per heavy atom. The Morgan fingerprint density at radius 1 is 1.40 bits per heavy atom. The number of nitrogens with one attached hydrogen (secondary N) is 2. The van der Waals surface area contributed by atoms with Crippen molar-refractivity contribution < 1.29 is 13.2 Å². The number of hydrogen-bond acceptors (Lipinski definition) is 4. The lowest BCUT2D eigenvalue weighted by molar-refractivity contribution is -0.116. The smallest absolute Gasteiger partial charge is 0.240 e. The molecule has 0 spiro atoms. The van der Waals surface area contributed by atoms with E-state index in [-0.39, 0.29) is 35.7 Å². The van der Waals surface area contributed by atoms with Gasteiger partial charge in [0.25, 0.3) is 0 Å². The minimum absolute atomic E-state index is 0. The highest BCUT2D eigenvalue weighted by molar-refractivity contribution is 7.89. The van der Waals surface area contributed by atoms with Gasteiger partial charge in [-0.3, -0.25) is 4.79 Å². The van der Waals surface area contributed by atoms with Crippen molar-refractivity contribution in [3.8, 4) is 0 Å². The summed E-state index contributed by atoms with van der Waals surface area (Å²) in [6, 6.07) is 4.49. The van der Waals surface area contributed by atoms with Gasteiger partial charge in [0.15, 0.2) is 0 Å². The first-order valence-corrected chi connectivity index (χ1v) is 7.34. The van der Waals surface area contributed by atoms with E-state index < -0.39 is 10.0 Å². The highest BCUT2D eigenvalue weighted by Gasteiger charge is 2.15. The zero-order chi connectivity index (χ0) is 14.6. The van der Waals surface area contributed by atoms with E-state index >= 15 is 0 Å². The Labute approximate surface area is 125 Å². The maximum atomic E-state index is 11.8. The molecule has 8 heteroatoms. The predicted molar refractivity (Wildman–Crippen MR) is 81.6 cm³/mol. The average molecular weight is 322 g/mol. The van der Waals surface area contributed by atoms with Gasteiger partial charge in [0.05, 0.1) is 4.90 Å². The molecule has 4 N–H and O–H groups in total. The molecule has 0 fully saturated rings. The van der Waals surface area contributed by atoms with Crippen LogP contribution in [0.3, 0.4) is 0 Å². The standard InChI is InChI=1S/C12H19N3O3S.ClH/c1-8-4-5-10(15-12(16)6-9(2)13)7-11(8)19(17,18)14-3;/h4-5,7,9,14H,6,13H2,1-3H3,(H,15,16);1H. The predicted octanol–water partition coefficient (Wildman–Crippen LogP) is 1.00. The average Bonchev–Trinajstić information content (AvgIpc) is 2.30. The molecule has 1 atom stereocenters. The number of carbonyl (C=O) groups excluding carboxylic acids is 1. The summed E-state index contributed by atoms with van der Waals surface area (Å²) in [5.74, 6) is -0.244. The van der Waals surface area contributed by atoms with Gasteiger partial charge in [0.2, 0.25) is 15.9 Å². The van der Waals surface area contributed by atoms with Crippen molar-refractivity contribution in [3.63, 3.8) is 0 Å². The van der Waals surface area contributed by atoms with Crippen molar-refractivity contribution in [1.82, 2.24) is 4.72 Å². The third-order valence-electron chi connectivity index (χ3n) is 2.54. The number of anilines is 1. The number of halogens is 1. The molecule has 1 aromatic carbocycles. The summed E-state index contributed by atoms with van der Waals surface area (Å²) < 4.78 is 25.8. The van der Waals surface area contributed by atoms with Crippen molar-refractivity contribution in [2.24, 2.45) is 5.73 Å². The van der Waals surface area contributed by atoms with Crippen LogP contribution in [-0.2, 0) is 14.8 Å². The van der Waals surface area contributed by atoms with Crippen LogP contribution in [0.5, 0.6) is 0 Å². The largest absolute Gasteiger partial charge is 0.327 e. The van der Waals surface area contributed by atoms with E-state index in [1.54, 1.807) is 26.0 Å². The highest BCUT2D eigenvalue weighted by Crippen LogP contribution is 2.20. The summed E-state index contributed by atoms with van der Waals surface area (Å²) in [5, 5.41) is 2.63. The van der Waals surface area contributed by atoms with Crippen LogP contribution < -0.4 is 15.8 Å². The third-order valence-corrected chi connectivity index (χ3v) is 4.09. The Morgan fingerprint density at radius 3 is 2.50 bits per heavy atom. The number of nitrogens with two attached hydrogens (primary N) is 1. The van der Waals surface area contributed by atoms with Crippen molar-refractivity contribution >= 4 is 34.0 Å². The van der Waals surface area contributed by atoms with Crippen molar-refractivity contribution in [2.75, 3.05) is 12.4 Å². The van der Waals surface area contributed by atoms with E-state index in [9.17, 15) is 13.2 Å². The van der Waals surface area contributed by atoms with Crippen LogP contribution in [0.15, 0.2) is 23.1 Å². The van der Waals surface area contributed by atoms with Crippen LogP contribution in [-0.4, -0.2) is 27.4 Å². The third kappa shape index (κ3) is 5.09. The SMILES string of the molecule is CNS(=O)(=O)c1cc(NC(=O)CC(C)N)ccc1C.Cl. The van der Waals surface area contributed by atoms with Gasteiger partial charge in [-0.15, -0.1) is 12.4 Å². The van der Waals surface area contributed by atoms with E-state index in [0.29, 0.717) is 11.3 Å². The molecule has 0 bridgehead atoms. The molecule has 1 unspecified atom stereocenters. The number of amides is 1. The van der Waals surface area contributed by atoms with Gasteiger partial charge >= 0.3 is 0 Å². The van der Waals surface area contributed by atoms with Gasteiger partial charge in [-0.2, -0.15) is 0 Å². The van der Waals surface area contributed by atoms with Crippen LogP contribution in [0, 0.1) is 6.92 Å². The Bertz CT molecular complexity index is 573. The number of benzene rings is 1. The Balaban J connectivity index is 0.00000361. The van der Waals surface area contributed by atoms with E-state index in [0.717, 1.165) is 0 Å².